The number of aliphatic hydroxyl groups is 1. The Hall–Kier alpha value is -0.640. The molecule has 0 aliphatic carbocycles. The molecule has 0 saturated carbocycles. The van der Waals surface area contributed by atoms with Gasteiger partial charge in [0, 0.05) is 0 Å². The van der Waals surface area contributed by atoms with Crippen molar-refractivity contribution in [1.82, 2.24) is 0 Å². The molecule has 19 heavy (non-hydrogen) atoms. The lowest BCUT2D eigenvalue weighted by molar-refractivity contribution is 0.375. The molecule has 0 aromatic carbocycles. The van der Waals surface area contributed by atoms with Crippen molar-refractivity contribution in [2.45, 2.75) is 44.3 Å². The van der Waals surface area contributed by atoms with Crippen molar-refractivity contribution in [1.29, 1.82) is 0 Å². The standard InChI is InChI=1S/C10H20O7S2/c1-2-3-4-5-6-7-9(11)10(19(15,16)17)8-18(12,13)14/h7,10-11H,2-6,8H2,1H3,(H,12,13,14)(H,15,16,17). The Balaban J connectivity index is 4.74. The van der Waals surface area contributed by atoms with Crippen molar-refractivity contribution in [2.75, 3.05) is 5.75 Å². The molecule has 0 heterocycles. The van der Waals surface area contributed by atoms with Crippen molar-refractivity contribution in [3.63, 3.8) is 0 Å². The van der Waals surface area contributed by atoms with Gasteiger partial charge >= 0.3 is 0 Å². The van der Waals surface area contributed by atoms with Crippen LogP contribution in [0.25, 0.3) is 0 Å². The van der Waals surface area contributed by atoms with Gasteiger partial charge in [-0.2, -0.15) is 16.8 Å². The van der Waals surface area contributed by atoms with Crippen LogP contribution in [0.2, 0.25) is 0 Å². The van der Waals surface area contributed by atoms with Gasteiger partial charge in [-0.15, -0.1) is 0 Å². The predicted octanol–water partition coefficient (Wildman–Crippen LogP) is 1.54. The van der Waals surface area contributed by atoms with Crippen LogP contribution in [0.3, 0.4) is 0 Å². The van der Waals surface area contributed by atoms with E-state index >= 15 is 0 Å². The molecule has 9 heteroatoms. The van der Waals surface area contributed by atoms with Crippen molar-refractivity contribution >= 4 is 20.2 Å². The van der Waals surface area contributed by atoms with E-state index in [2.05, 4.69) is 0 Å². The highest BCUT2D eigenvalue weighted by Crippen LogP contribution is 2.13. The molecule has 0 aliphatic rings. The maximum Gasteiger partial charge on any atom is 0.276 e. The van der Waals surface area contributed by atoms with Crippen LogP contribution in [0, 0.1) is 0 Å². The van der Waals surface area contributed by atoms with Crippen LogP contribution >= 0.6 is 0 Å². The van der Waals surface area contributed by atoms with Crippen LogP contribution in [0.15, 0.2) is 11.8 Å². The molecule has 0 fully saturated rings. The Morgan fingerprint density at radius 1 is 1.11 bits per heavy atom. The molecule has 0 saturated heterocycles. The lowest BCUT2D eigenvalue weighted by Gasteiger charge is -2.11. The topological polar surface area (TPSA) is 129 Å². The van der Waals surface area contributed by atoms with E-state index in [1.54, 1.807) is 0 Å². The second-order valence-electron chi connectivity index (χ2n) is 4.23. The second-order valence-corrected chi connectivity index (χ2v) is 7.33. The van der Waals surface area contributed by atoms with E-state index in [0.717, 1.165) is 25.3 Å². The molecule has 0 spiro atoms. The first-order valence-electron chi connectivity index (χ1n) is 5.88. The largest absolute Gasteiger partial charge is 0.511 e. The van der Waals surface area contributed by atoms with Crippen LogP contribution in [-0.2, 0) is 20.2 Å². The average molecular weight is 316 g/mol. The Morgan fingerprint density at radius 3 is 2.11 bits per heavy atom. The quantitative estimate of drug-likeness (QED) is 0.334. The molecule has 0 aromatic heterocycles. The molecule has 0 rings (SSSR count). The molecule has 0 aromatic rings. The monoisotopic (exact) mass is 316 g/mol. The highest BCUT2D eigenvalue weighted by atomic mass is 32.2. The van der Waals surface area contributed by atoms with Crippen LogP contribution < -0.4 is 0 Å². The van der Waals surface area contributed by atoms with Crippen molar-refractivity contribution in [2.24, 2.45) is 0 Å². The van der Waals surface area contributed by atoms with Crippen molar-refractivity contribution < 1.29 is 31.0 Å². The van der Waals surface area contributed by atoms with Gasteiger partial charge in [-0.3, -0.25) is 9.11 Å². The molecule has 1 atom stereocenters. The fourth-order valence-electron chi connectivity index (χ4n) is 1.47. The summed E-state index contributed by atoms with van der Waals surface area (Å²) in [6.45, 7) is 2.02. The first kappa shape index (κ1) is 18.4. The highest BCUT2D eigenvalue weighted by Gasteiger charge is 2.32. The molecule has 3 N–H and O–H groups in total. The van der Waals surface area contributed by atoms with E-state index in [9.17, 15) is 21.9 Å². The number of rotatable bonds is 9. The van der Waals surface area contributed by atoms with Gasteiger partial charge in [0.2, 0.25) is 0 Å². The summed E-state index contributed by atoms with van der Waals surface area (Å²) in [4.78, 5) is 0. The normalized spacial score (nSPS) is 15.4. The summed E-state index contributed by atoms with van der Waals surface area (Å²) < 4.78 is 60.7. The van der Waals surface area contributed by atoms with Gasteiger partial charge < -0.3 is 5.11 Å². The molecular formula is C10H20O7S2. The third kappa shape index (κ3) is 8.98. The Bertz CT molecular complexity index is 490. The van der Waals surface area contributed by atoms with E-state index in [1.165, 1.54) is 0 Å². The van der Waals surface area contributed by atoms with Gasteiger partial charge in [0.1, 0.15) is 11.5 Å². The number of hydrogen-bond acceptors (Lipinski definition) is 5. The molecule has 0 amide bonds. The van der Waals surface area contributed by atoms with Crippen molar-refractivity contribution in [3.8, 4) is 0 Å². The van der Waals surface area contributed by atoms with E-state index in [1.807, 2.05) is 6.92 Å². The molecule has 0 radical (unpaired) electrons. The number of unbranched alkanes of at least 4 members (excludes halogenated alkanes) is 4. The Kier molecular flexibility index (Phi) is 7.57. The SMILES string of the molecule is CCCCCCC=C(O)C(CS(=O)(=O)O)S(=O)(=O)O. The van der Waals surface area contributed by atoms with Crippen LogP contribution in [0.5, 0.6) is 0 Å². The van der Waals surface area contributed by atoms with Gasteiger partial charge in [0.15, 0.2) is 5.25 Å². The average Bonchev–Trinajstić information content (AvgIpc) is 2.22. The zero-order valence-electron chi connectivity index (χ0n) is 10.7. The summed E-state index contributed by atoms with van der Waals surface area (Å²) in [6, 6.07) is 0. The Labute approximate surface area is 113 Å². The lowest BCUT2D eigenvalue weighted by atomic mass is 10.1. The van der Waals surface area contributed by atoms with Crippen LogP contribution in [0.1, 0.15) is 39.0 Å². The minimum atomic E-state index is -4.80. The minimum Gasteiger partial charge on any atom is -0.511 e. The van der Waals surface area contributed by atoms with E-state index in [4.69, 9.17) is 9.11 Å². The zero-order valence-corrected chi connectivity index (χ0v) is 12.3. The van der Waals surface area contributed by atoms with Gasteiger partial charge in [0.05, 0.1) is 0 Å². The lowest BCUT2D eigenvalue weighted by Crippen LogP contribution is -2.31. The zero-order chi connectivity index (χ0) is 15.1. The molecule has 0 aliphatic heterocycles. The van der Waals surface area contributed by atoms with Crippen molar-refractivity contribution in [3.05, 3.63) is 11.8 Å². The number of hydrogen-bond donors (Lipinski definition) is 3. The van der Waals surface area contributed by atoms with E-state index < -0.39 is 37.0 Å². The van der Waals surface area contributed by atoms with Gasteiger partial charge in [0.25, 0.3) is 20.2 Å². The van der Waals surface area contributed by atoms with Gasteiger partial charge in [-0.1, -0.05) is 26.2 Å². The minimum absolute atomic E-state index is 0.364. The summed E-state index contributed by atoms with van der Waals surface area (Å²) >= 11 is 0. The summed E-state index contributed by atoms with van der Waals surface area (Å²) in [5.74, 6) is -2.04. The highest BCUT2D eigenvalue weighted by molar-refractivity contribution is 7.90. The second kappa shape index (κ2) is 7.83. The first-order valence-corrected chi connectivity index (χ1v) is 8.99. The number of allylic oxidation sites excluding steroid dienone is 1. The van der Waals surface area contributed by atoms with Crippen LogP contribution in [-0.4, -0.2) is 42.1 Å². The summed E-state index contributed by atoms with van der Waals surface area (Å²) in [6.07, 6.45) is 5.15. The summed E-state index contributed by atoms with van der Waals surface area (Å²) in [7, 11) is -9.43. The van der Waals surface area contributed by atoms with E-state index in [-0.39, 0.29) is 0 Å². The number of aliphatic hydroxyl groups excluding tert-OH is 1. The first-order chi connectivity index (χ1) is 8.58. The molecule has 1 unspecified atom stereocenters. The van der Waals surface area contributed by atoms with E-state index in [0.29, 0.717) is 12.8 Å². The van der Waals surface area contributed by atoms with Gasteiger partial charge in [-0.25, -0.2) is 0 Å². The predicted molar refractivity (Wildman–Crippen MR) is 71.2 cm³/mol. The maximum absolute atomic E-state index is 11.0. The molecule has 0 bridgehead atoms. The van der Waals surface area contributed by atoms with Gasteiger partial charge in [-0.05, 0) is 18.9 Å². The van der Waals surface area contributed by atoms with Crippen LogP contribution in [0.4, 0.5) is 0 Å². The third-order valence-corrected chi connectivity index (χ3v) is 4.56. The smallest absolute Gasteiger partial charge is 0.276 e. The fourth-order valence-corrected chi connectivity index (χ4v) is 3.63. The Morgan fingerprint density at radius 2 is 1.68 bits per heavy atom. The fraction of sp³-hybridized carbons (Fsp3) is 0.800. The molecule has 7 nitrogen and oxygen atoms in total. The summed E-state index contributed by atoms with van der Waals surface area (Å²) in [5, 5.41) is 7.46. The summed E-state index contributed by atoms with van der Waals surface area (Å²) in [5.41, 5.74) is 0. The third-order valence-electron chi connectivity index (χ3n) is 2.46. The maximum atomic E-state index is 11.0. The molecule has 114 valence electrons. The molecular weight excluding hydrogens is 296 g/mol.